The minimum atomic E-state index is -1.78. The molecule has 1 aromatic rings. The molecule has 0 aliphatic rings. The van der Waals surface area contributed by atoms with Crippen LogP contribution in [0.2, 0.25) is 0 Å². The van der Waals surface area contributed by atoms with E-state index in [0.29, 0.717) is 10.2 Å². The Morgan fingerprint density at radius 3 is 2.86 bits per heavy atom. The van der Waals surface area contributed by atoms with Crippen molar-refractivity contribution in [1.82, 2.24) is 4.98 Å². The molecule has 1 atom stereocenters. The molecule has 2 N–H and O–H groups in total. The van der Waals surface area contributed by atoms with Crippen molar-refractivity contribution in [2.24, 2.45) is 0 Å². The van der Waals surface area contributed by atoms with E-state index in [1.807, 2.05) is 0 Å². The van der Waals surface area contributed by atoms with Crippen molar-refractivity contribution in [3.05, 3.63) is 28.5 Å². The van der Waals surface area contributed by atoms with Gasteiger partial charge in [0.2, 0.25) is 0 Å². The molecule has 0 bridgehead atoms. The number of pyridine rings is 1. The summed E-state index contributed by atoms with van der Waals surface area (Å²) in [4.78, 5) is 14.6. The molecule has 0 spiro atoms. The molecule has 0 aliphatic heterocycles. The van der Waals surface area contributed by atoms with E-state index in [1.165, 1.54) is 6.92 Å². The van der Waals surface area contributed by atoms with Crippen LogP contribution in [0.3, 0.4) is 0 Å². The van der Waals surface area contributed by atoms with Gasteiger partial charge in [-0.1, -0.05) is 0 Å². The third-order valence-electron chi connectivity index (χ3n) is 1.81. The molecule has 0 radical (unpaired) electrons. The highest BCUT2D eigenvalue weighted by Gasteiger charge is 2.31. The lowest BCUT2D eigenvalue weighted by atomic mass is 10.0. The first-order valence-corrected chi connectivity index (χ1v) is 4.78. The van der Waals surface area contributed by atoms with Crippen LogP contribution in [0.25, 0.3) is 0 Å². The molecule has 76 valence electrons. The molecule has 1 heterocycles. The fourth-order valence-corrected chi connectivity index (χ4v) is 1.35. The number of hydrogen-bond acceptors (Lipinski definition) is 3. The summed E-state index contributed by atoms with van der Waals surface area (Å²) in [6, 6.07) is 3.48. The van der Waals surface area contributed by atoms with E-state index < -0.39 is 11.6 Å². The van der Waals surface area contributed by atoms with E-state index >= 15 is 0 Å². The van der Waals surface area contributed by atoms with Crippen molar-refractivity contribution in [3.63, 3.8) is 0 Å². The molecule has 0 fully saturated rings. The number of aromatic nitrogens is 1. The normalized spacial score (nSPS) is 14.8. The summed E-state index contributed by atoms with van der Waals surface area (Å²) < 4.78 is 0.696. The van der Waals surface area contributed by atoms with Gasteiger partial charge in [-0.25, -0.2) is 4.79 Å². The Hall–Kier alpha value is -0.940. The molecular formula is C9H10BrNO3. The zero-order chi connectivity index (χ0) is 10.8. The second kappa shape index (κ2) is 4.06. The number of aliphatic hydroxyl groups is 1. The average molecular weight is 260 g/mol. The van der Waals surface area contributed by atoms with Crippen LogP contribution >= 0.6 is 15.9 Å². The predicted molar refractivity (Wildman–Crippen MR) is 53.9 cm³/mol. The molecule has 1 unspecified atom stereocenters. The summed E-state index contributed by atoms with van der Waals surface area (Å²) >= 11 is 3.23. The van der Waals surface area contributed by atoms with E-state index in [0.717, 1.165) is 0 Å². The topological polar surface area (TPSA) is 70.4 Å². The van der Waals surface area contributed by atoms with Gasteiger partial charge in [0.1, 0.15) is 0 Å². The van der Waals surface area contributed by atoms with Gasteiger partial charge in [-0.05, 0) is 35.0 Å². The predicted octanol–water partition coefficient (Wildman–Crippen LogP) is 1.22. The largest absolute Gasteiger partial charge is 0.479 e. The number of carboxylic acids is 1. The van der Waals surface area contributed by atoms with Gasteiger partial charge >= 0.3 is 5.97 Å². The summed E-state index contributed by atoms with van der Waals surface area (Å²) in [5, 5.41) is 18.2. The molecule has 0 aliphatic carbocycles. The molecule has 0 amide bonds. The van der Waals surface area contributed by atoms with E-state index in [9.17, 15) is 9.90 Å². The molecule has 1 rings (SSSR count). The molecule has 0 aromatic carbocycles. The second-order valence-corrected chi connectivity index (χ2v) is 4.04. The van der Waals surface area contributed by atoms with Crippen molar-refractivity contribution in [1.29, 1.82) is 0 Å². The Balaban J connectivity index is 2.89. The van der Waals surface area contributed by atoms with Gasteiger partial charge in [0.05, 0.1) is 5.69 Å². The maximum atomic E-state index is 10.6. The Kier molecular flexibility index (Phi) is 3.23. The quantitative estimate of drug-likeness (QED) is 0.857. The number of hydrogen-bond donors (Lipinski definition) is 2. The highest BCUT2D eigenvalue weighted by atomic mass is 79.9. The van der Waals surface area contributed by atoms with Crippen LogP contribution in [0.5, 0.6) is 0 Å². The lowest BCUT2D eigenvalue weighted by molar-refractivity contribution is -0.156. The summed E-state index contributed by atoms with van der Waals surface area (Å²) in [6.07, 6.45) is 1.53. The van der Waals surface area contributed by atoms with Crippen LogP contribution in [0, 0.1) is 0 Å². The Morgan fingerprint density at radius 2 is 2.36 bits per heavy atom. The number of aliphatic carboxylic acids is 1. The number of nitrogens with zero attached hydrogens (tertiary/aromatic N) is 1. The third-order valence-corrected chi connectivity index (χ3v) is 2.53. The van der Waals surface area contributed by atoms with Crippen LogP contribution < -0.4 is 0 Å². The molecular weight excluding hydrogens is 250 g/mol. The monoisotopic (exact) mass is 259 g/mol. The minimum absolute atomic E-state index is 0.0241. The second-order valence-electron chi connectivity index (χ2n) is 3.19. The van der Waals surface area contributed by atoms with Crippen LogP contribution in [-0.2, 0) is 11.2 Å². The number of carbonyl (C=O) groups is 1. The minimum Gasteiger partial charge on any atom is -0.479 e. The van der Waals surface area contributed by atoms with Crippen LogP contribution in [0.15, 0.2) is 22.8 Å². The van der Waals surface area contributed by atoms with Crippen LogP contribution in [0.4, 0.5) is 0 Å². The summed E-state index contributed by atoms with van der Waals surface area (Å²) in [6.45, 7) is 1.25. The summed E-state index contributed by atoms with van der Waals surface area (Å²) in [5.74, 6) is -1.25. The van der Waals surface area contributed by atoms with E-state index in [2.05, 4.69) is 20.9 Å². The fraction of sp³-hybridized carbons (Fsp3) is 0.333. The highest BCUT2D eigenvalue weighted by Crippen LogP contribution is 2.19. The van der Waals surface area contributed by atoms with Gasteiger partial charge in [-0.2, -0.15) is 0 Å². The van der Waals surface area contributed by atoms with Crippen molar-refractivity contribution in [2.75, 3.05) is 0 Å². The van der Waals surface area contributed by atoms with Crippen molar-refractivity contribution >= 4 is 21.9 Å². The summed E-state index contributed by atoms with van der Waals surface area (Å²) in [7, 11) is 0. The molecule has 5 heteroatoms. The van der Waals surface area contributed by atoms with Crippen LogP contribution in [0.1, 0.15) is 12.6 Å². The molecule has 4 nitrogen and oxygen atoms in total. The summed E-state index contributed by atoms with van der Waals surface area (Å²) in [5.41, 5.74) is -1.25. The molecule has 0 saturated heterocycles. The Labute approximate surface area is 89.7 Å². The highest BCUT2D eigenvalue weighted by molar-refractivity contribution is 9.10. The van der Waals surface area contributed by atoms with Crippen molar-refractivity contribution in [2.45, 2.75) is 18.9 Å². The SMILES string of the molecule is CC(O)(Cc1ncccc1Br)C(=O)O. The lowest BCUT2D eigenvalue weighted by Crippen LogP contribution is -2.37. The lowest BCUT2D eigenvalue weighted by Gasteiger charge is -2.17. The average Bonchev–Trinajstić information content (AvgIpc) is 2.08. The number of carboxylic acid groups (broad SMARTS) is 1. The Bertz CT molecular complexity index is 352. The molecule has 0 saturated carbocycles. The third kappa shape index (κ3) is 2.52. The first-order valence-electron chi connectivity index (χ1n) is 3.98. The van der Waals surface area contributed by atoms with E-state index in [-0.39, 0.29) is 6.42 Å². The van der Waals surface area contributed by atoms with Gasteiger partial charge in [0.25, 0.3) is 0 Å². The van der Waals surface area contributed by atoms with E-state index in [4.69, 9.17) is 5.11 Å². The van der Waals surface area contributed by atoms with Gasteiger partial charge in [0.15, 0.2) is 5.60 Å². The van der Waals surface area contributed by atoms with Gasteiger partial charge in [-0.3, -0.25) is 4.98 Å². The first-order chi connectivity index (χ1) is 6.43. The zero-order valence-electron chi connectivity index (χ0n) is 7.57. The molecule has 14 heavy (non-hydrogen) atoms. The maximum absolute atomic E-state index is 10.6. The standard InChI is InChI=1S/C9H10BrNO3/c1-9(14,8(12)13)5-7-6(10)3-2-4-11-7/h2-4,14H,5H2,1H3,(H,12,13). The molecule has 1 aromatic heterocycles. The smallest absolute Gasteiger partial charge is 0.335 e. The van der Waals surface area contributed by atoms with Gasteiger partial charge < -0.3 is 10.2 Å². The number of rotatable bonds is 3. The number of halogens is 1. The van der Waals surface area contributed by atoms with Crippen LogP contribution in [-0.4, -0.2) is 26.8 Å². The van der Waals surface area contributed by atoms with Gasteiger partial charge in [-0.15, -0.1) is 0 Å². The van der Waals surface area contributed by atoms with Crippen molar-refractivity contribution in [3.8, 4) is 0 Å². The first kappa shape index (κ1) is 11.1. The van der Waals surface area contributed by atoms with Gasteiger partial charge in [0, 0.05) is 17.1 Å². The van der Waals surface area contributed by atoms with E-state index in [1.54, 1.807) is 18.3 Å². The maximum Gasteiger partial charge on any atom is 0.335 e. The zero-order valence-corrected chi connectivity index (χ0v) is 9.15. The Morgan fingerprint density at radius 1 is 1.71 bits per heavy atom. The fourth-order valence-electron chi connectivity index (χ4n) is 0.950. The van der Waals surface area contributed by atoms with Crippen molar-refractivity contribution < 1.29 is 15.0 Å².